The van der Waals surface area contributed by atoms with Gasteiger partial charge in [0.25, 0.3) is 5.91 Å². The van der Waals surface area contributed by atoms with Gasteiger partial charge in [0.15, 0.2) is 5.69 Å². The minimum absolute atomic E-state index is 0.0409. The van der Waals surface area contributed by atoms with Gasteiger partial charge in [0, 0.05) is 17.6 Å². The summed E-state index contributed by atoms with van der Waals surface area (Å²) in [4.78, 5) is 11.7. The predicted molar refractivity (Wildman–Crippen MR) is 80.1 cm³/mol. The molecule has 0 saturated heterocycles. The average molecular weight is 338 g/mol. The van der Waals surface area contributed by atoms with Crippen molar-refractivity contribution < 1.29 is 9.53 Å². The van der Waals surface area contributed by atoms with Gasteiger partial charge in [-0.3, -0.25) is 4.79 Å². The van der Waals surface area contributed by atoms with Crippen LogP contribution >= 0.6 is 15.9 Å². The summed E-state index contributed by atoms with van der Waals surface area (Å²) in [5.74, 6) is 0.319. The van der Waals surface area contributed by atoms with Crippen molar-refractivity contribution in [3.63, 3.8) is 0 Å². The zero-order valence-electron chi connectivity index (χ0n) is 11.6. The molecule has 2 rings (SSSR count). The molecule has 20 heavy (non-hydrogen) atoms. The molecular weight excluding hydrogens is 322 g/mol. The second-order valence-corrected chi connectivity index (χ2v) is 5.24. The Hall–Kier alpha value is -1.82. The first-order valence-corrected chi connectivity index (χ1v) is 6.97. The number of halogens is 1. The normalized spacial score (nSPS) is 12.0. The van der Waals surface area contributed by atoms with Gasteiger partial charge in [-0.1, -0.05) is 28.1 Å². The number of hydrogen-bond acceptors (Lipinski definition) is 3. The third-order valence-electron chi connectivity index (χ3n) is 3.07. The van der Waals surface area contributed by atoms with Crippen LogP contribution in [0, 0.1) is 0 Å². The van der Waals surface area contributed by atoms with Crippen molar-refractivity contribution in [2.45, 2.75) is 13.0 Å². The van der Waals surface area contributed by atoms with Crippen molar-refractivity contribution in [1.29, 1.82) is 0 Å². The number of amides is 1. The third kappa shape index (κ3) is 2.85. The molecule has 0 aliphatic heterocycles. The Morgan fingerprint density at radius 2 is 2.20 bits per heavy atom. The van der Waals surface area contributed by atoms with E-state index in [1.807, 2.05) is 31.2 Å². The fourth-order valence-electron chi connectivity index (χ4n) is 1.95. The zero-order valence-corrected chi connectivity index (χ0v) is 13.1. The Morgan fingerprint density at radius 1 is 1.45 bits per heavy atom. The highest BCUT2D eigenvalue weighted by molar-refractivity contribution is 9.10. The first kappa shape index (κ1) is 14.6. The maximum absolute atomic E-state index is 11.7. The monoisotopic (exact) mass is 337 g/mol. The largest absolute Gasteiger partial charge is 0.481 e. The van der Waals surface area contributed by atoms with E-state index >= 15 is 0 Å². The fraction of sp³-hybridized carbons (Fsp3) is 0.286. The summed E-state index contributed by atoms with van der Waals surface area (Å²) in [6, 6.07) is 9.55. The Kier molecular flexibility index (Phi) is 4.44. The molecule has 0 aliphatic rings. The molecule has 0 bridgehead atoms. The number of benzene rings is 1. The zero-order chi connectivity index (χ0) is 14.7. The number of nitrogens with zero attached hydrogens (tertiary/aromatic N) is 2. The minimum atomic E-state index is -0.233. The number of methoxy groups -OCH3 is 1. The molecule has 1 heterocycles. The van der Waals surface area contributed by atoms with Crippen LogP contribution in [0.15, 0.2) is 34.8 Å². The molecule has 1 N–H and O–H groups in total. The molecule has 1 aromatic carbocycles. The van der Waals surface area contributed by atoms with Crippen LogP contribution in [0.2, 0.25) is 0 Å². The molecule has 1 aromatic heterocycles. The standard InChI is InChI=1S/C14H16BrN3O2/c1-9(10-5-4-6-11(15)7-10)18-13(20-3)8-12(17-18)14(19)16-2/h4-9H,1-3H3,(H,16,19). The molecule has 0 aliphatic carbocycles. The first-order valence-electron chi connectivity index (χ1n) is 6.18. The molecule has 106 valence electrons. The summed E-state index contributed by atoms with van der Waals surface area (Å²) >= 11 is 3.45. The lowest BCUT2D eigenvalue weighted by Crippen LogP contribution is -2.19. The van der Waals surface area contributed by atoms with E-state index in [0.29, 0.717) is 11.6 Å². The summed E-state index contributed by atoms with van der Waals surface area (Å²) in [6.45, 7) is 2.00. The molecule has 1 unspecified atom stereocenters. The highest BCUT2D eigenvalue weighted by atomic mass is 79.9. The molecule has 0 radical (unpaired) electrons. The summed E-state index contributed by atoms with van der Waals surface area (Å²) in [6.07, 6.45) is 0. The fourth-order valence-corrected chi connectivity index (χ4v) is 2.37. The van der Waals surface area contributed by atoms with Gasteiger partial charge in [-0.25, -0.2) is 4.68 Å². The lowest BCUT2D eigenvalue weighted by Gasteiger charge is -2.15. The number of carbonyl (C=O) groups excluding carboxylic acids is 1. The number of rotatable bonds is 4. The summed E-state index contributed by atoms with van der Waals surface area (Å²) in [5, 5.41) is 6.88. The number of hydrogen-bond donors (Lipinski definition) is 1. The predicted octanol–water partition coefficient (Wildman–Crippen LogP) is 2.62. The van der Waals surface area contributed by atoms with Gasteiger partial charge in [-0.05, 0) is 24.6 Å². The molecule has 6 heteroatoms. The molecule has 0 fully saturated rings. The Bertz CT molecular complexity index is 625. The van der Waals surface area contributed by atoms with Crippen molar-refractivity contribution in [3.8, 4) is 5.88 Å². The minimum Gasteiger partial charge on any atom is -0.481 e. The first-order chi connectivity index (χ1) is 9.56. The number of ether oxygens (including phenoxy) is 1. The number of carbonyl (C=O) groups is 1. The molecule has 2 aromatic rings. The van der Waals surface area contributed by atoms with Crippen molar-refractivity contribution in [2.75, 3.05) is 14.2 Å². The lowest BCUT2D eigenvalue weighted by molar-refractivity contribution is 0.0957. The maximum Gasteiger partial charge on any atom is 0.271 e. The van der Waals surface area contributed by atoms with Crippen molar-refractivity contribution in [3.05, 3.63) is 46.1 Å². The highest BCUT2D eigenvalue weighted by Crippen LogP contribution is 2.26. The van der Waals surface area contributed by atoms with E-state index in [4.69, 9.17) is 4.74 Å². The molecule has 0 saturated carbocycles. The number of nitrogens with one attached hydrogen (secondary N) is 1. The van der Waals surface area contributed by atoms with E-state index in [2.05, 4.69) is 26.3 Å². The second-order valence-electron chi connectivity index (χ2n) is 4.33. The van der Waals surface area contributed by atoms with Gasteiger partial charge in [0.2, 0.25) is 5.88 Å². The lowest BCUT2D eigenvalue weighted by atomic mass is 10.1. The molecular formula is C14H16BrN3O2. The Balaban J connectivity index is 2.40. The summed E-state index contributed by atoms with van der Waals surface area (Å²) in [5.41, 5.74) is 1.41. The molecule has 0 spiro atoms. The van der Waals surface area contributed by atoms with Crippen molar-refractivity contribution >= 4 is 21.8 Å². The SMILES string of the molecule is CNC(=O)c1cc(OC)n(C(C)c2cccc(Br)c2)n1. The maximum atomic E-state index is 11.7. The van der Waals surface area contributed by atoms with E-state index in [9.17, 15) is 4.79 Å². The van der Waals surface area contributed by atoms with E-state index < -0.39 is 0 Å². The van der Waals surface area contributed by atoms with Crippen molar-refractivity contribution in [1.82, 2.24) is 15.1 Å². The molecule has 1 amide bonds. The van der Waals surface area contributed by atoms with Gasteiger partial charge in [-0.2, -0.15) is 5.10 Å². The van der Waals surface area contributed by atoms with Crippen LogP contribution in [0.25, 0.3) is 0 Å². The van der Waals surface area contributed by atoms with E-state index in [1.165, 1.54) is 0 Å². The Morgan fingerprint density at radius 3 is 2.80 bits per heavy atom. The van der Waals surface area contributed by atoms with Crippen LogP contribution in [0.4, 0.5) is 0 Å². The van der Waals surface area contributed by atoms with Gasteiger partial charge < -0.3 is 10.1 Å². The van der Waals surface area contributed by atoms with E-state index in [1.54, 1.807) is 24.9 Å². The second kappa shape index (κ2) is 6.09. The van der Waals surface area contributed by atoms with Crippen LogP contribution in [-0.4, -0.2) is 29.8 Å². The van der Waals surface area contributed by atoms with Crippen molar-refractivity contribution in [2.24, 2.45) is 0 Å². The van der Waals surface area contributed by atoms with Gasteiger partial charge in [0.05, 0.1) is 13.2 Å². The Labute approximate surface area is 126 Å². The van der Waals surface area contributed by atoms with Gasteiger partial charge in [-0.15, -0.1) is 0 Å². The van der Waals surface area contributed by atoms with Crippen LogP contribution in [-0.2, 0) is 0 Å². The smallest absolute Gasteiger partial charge is 0.271 e. The highest BCUT2D eigenvalue weighted by Gasteiger charge is 2.18. The topological polar surface area (TPSA) is 56.1 Å². The quantitative estimate of drug-likeness (QED) is 0.932. The van der Waals surface area contributed by atoms with Gasteiger partial charge in [0.1, 0.15) is 0 Å². The average Bonchev–Trinajstić information content (AvgIpc) is 2.89. The molecule has 1 atom stereocenters. The third-order valence-corrected chi connectivity index (χ3v) is 3.56. The summed E-state index contributed by atoms with van der Waals surface area (Å²) in [7, 11) is 3.14. The van der Waals surface area contributed by atoms with Crippen LogP contribution in [0.5, 0.6) is 5.88 Å². The molecule has 5 nitrogen and oxygen atoms in total. The van der Waals surface area contributed by atoms with E-state index in [-0.39, 0.29) is 11.9 Å². The van der Waals surface area contributed by atoms with Crippen LogP contribution < -0.4 is 10.1 Å². The summed E-state index contributed by atoms with van der Waals surface area (Å²) < 4.78 is 8.00. The van der Waals surface area contributed by atoms with Crippen LogP contribution in [0.1, 0.15) is 29.0 Å². The van der Waals surface area contributed by atoms with Gasteiger partial charge >= 0.3 is 0 Å². The van der Waals surface area contributed by atoms with E-state index in [0.717, 1.165) is 10.0 Å². The number of aromatic nitrogens is 2. The van der Waals surface area contributed by atoms with Crippen LogP contribution in [0.3, 0.4) is 0 Å².